The van der Waals surface area contributed by atoms with Crippen LogP contribution in [0.4, 0.5) is 8.78 Å². The molecule has 3 aromatic rings. The monoisotopic (exact) mass is 440 g/mol. The van der Waals surface area contributed by atoms with E-state index < -0.39 is 11.6 Å². The zero-order valence-corrected chi connectivity index (χ0v) is 18.2. The van der Waals surface area contributed by atoms with Gasteiger partial charge in [0.05, 0.1) is 5.71 Å². The van der Waals surface area contributed by atoms with Crippen LogP contribution in [0.25, 0.3) is 5.65 Å². The zero-order valence-electron chi connectivity index (χ0n) is 18.2. The fourth-order valence-electron chi connectivity index (χ4n) is 4.48. The molecule has 0 atom stereocenters. The van der Waals surface area contributed by atoms with E-state index in [1.54, 1.807) is 10.6 Å². The molecule has 0 unspecified atom stereocenters. The van der Waals surface area contributed by atoms with Gasteiger partial charge in [-0.25, -0.2) is 13.8 Å². The van der Waals surface area contributed by atoms with E-state index in [9.17, 15) is 18.8 Å². The second kappa shape index (κ2) is 9.16. The predicted octanol–water partition coefficient (Wildman–Crippen LogP) is 3.72. The molecule has 2 aromatic heterocycles. The van der Waals surface area contributed by atoms with Crippen LogP contribution in [0.2, 0.25) is 0 Å². The van der Waals surface area contributed by atoms with Crippen molar-refractivity contribution in [2.75, 3.05) is 19.6 Å². The van der Waals surface area contributed by atoms with Crippen LogP contribution in [0.15, 0.2) is 46.5 Å². The second-order valence-corrected chi connectivity index (χ2v) is 8.34. The maximum Gasteiger partial charge on any atom is 0.261 e. The highest BCUT2D eigenvalue weighted by atomic mass is 19.1. The van der Waals surface area contributed by atoms with Gasteiger partial charge in [-0.1, -0.05) is 11.2 Å². The fraction of sp³-hybridized carbons (Fsp3) is 0.375. The third-order valence-electron chi connectivity index (χ3n) is 6.32. The molecule has 0 bridgehead atoms. The van der Waals surface area contributed by atoms with Gasteiger partial charge in [-0.3, -0.25) is 9.20 Å². The Morgan fingerprint density at radius 2 is 1.97 bits per heavy atom. The summed E-state index contributed by atoms with van der Waals surface area (Å²) in [5.41, 5.74) is 3.46. The van der Waals surface area contributed by atoms with E-state index in [1.165, 1.54) is 12.1 Å². The minimum absolute atomic E-state index is 0.0347. The summed E-state index contributed by atoms with van der Waals surface area (Å²) in [5, 5.41) is 12.8. The Kier molecular flexibility index (Phi) is 6.32. The third kappa shape index (κ3) is 4.27. The minimum atomic E-state index is -0.727. The number of likely N-dealkylation sites (tertiary alicyclic amines) is 1. The summed E-state index contributed by atoms with van der Waals surface area (Å²) in [6, 6.07) is 7.07. The lowest BCUT2D eigenvalue weighted by Crippen LogP contribution is -2.38. The lowest BCUT2D eigenvalue weighted by atomic mass is 9.88. The van der Waals surface area contributed by atoms with E-state index in [0.717, 1.165) is 30.4 Å². The standard InChI is InChI=1S/C24H26F2N4O2/c1-15-4-3-10-30-23(15)27-16(2)19(24(30)31)9-13-29-11-7-17(8-12-29)22(28-32)20-6-5-18(25)14-21(20)26/h3-6,10,14,17,32H,7-9,11-13H2,1-2H3/b28-22-. The number of hydrogen-bond acceptors (Lipinski definition) is 5. The average molecular weight is 440 g/mol. The molecule has 1 aromatic carbocycles. The smallest absolute Gasteiger partial charge is 0.261 e. The van der Waals surface area contributed by atoms with E-state index in [4.69, 9.17) is 0 Å². The van der Waals surface area contributed by atoms with Crippen molar-refractivity contribution in [1.82, 2.24) is 14.3 Å². The van der Waals surface area contributed by atoms with Crippen LogP contribution >= 0.6 is 0 Å². The molecule has 0 amide bonds. The molecule has 32 heavy (non-hydrogen) atoms. The molecule has 1 saturated heterocycles. The second-order valence-electron chi connectivity index (χ2n) is 8.34. The largest absolute Gasteiger partial charge is 0.411 e. The lowest BCUT2D eigenvalue weighted by Gasteiger charge is -2.32. The first-order valence-corrected chi connectivity index (χ1v) is 10.8. The number of aryl methyl sites for hydroxylation is 2. The predicted molar refractivity (Wildman–Crippen MR) is 118 cm³/mol. The normalized spacial score (nSPS) is 16.1. The van der Waals surface area contributed by atoms with E-state index in [-0.39, 0.29) is 22.8 Å². The molecule has 3 heterocycles. The van der Waals surface area contributed by atoms with Crippen molar-refractivity contribution < 1.29 is 14.0 Å². The third-order valence-corrected chi connectivity index (χ3v) is 6.32. The van der Waals surface area contributed by atoms with Crippen molar-refractivity contribution in [2.45, 2.75) is 33.1 Å². The van der Waals surface area contributed by atoms with Gasteiger partial charge in [-0.05, 0) is 70.0 Å². The van der Waals surface area contributed by atoms with Gasteiger partial charge in [0.15, 0.2) is 0 Å². The molecule has 0 spiro atoms. The van der Waals surface area contributed by atoms with Crippen LogP contribution in [-0.2, 0) is 6.42 Å². The fourth-order valence-corrected chi connectivity index (χ4v) is 4.48. The van der Waals surface area contributed by atoms with Gasteiger partial charge < -0.3 is 10.1 Å². The number of nitrogens with zero attached hydrogens (tertiary/aromatic N) is 4. The minimum Gasteiger partial charge on any atom is -0.411 e. The zero-order chi connectivity index (χ0) is 22.8. The molecule has 1 aliphatic heterocycles. The summed E-state index contributed by atoms with van der Waals surface area (Å²) in [6.45, 7) is 5.97. The topological polar surface area (TPSA) is 70.2 Å². The van der Waals surface area contributed by atoms with Crippen molar-refractivity contribution in [1.29, 1.82) is 0 Å². The van der Waals surface area contributed by atoms with Crippen LogP contribution in [0.3, 0.4) is 0 Å². The van der Waals surface area contributed by atoms with Crippen LogP contribution in [0, 0.1) is 31.4 Å². The first-order chi connectivity index (χ1) is 15.4. The molecule has 1 fully saturated rings. The molecule has 1 N–H and O–H groups in total. The first-order valence-electron chi connectivity index (χ1n) is 10.8. The number of benzene rings is 1. The van der Waals surface area contributed by atoms with Crippen molar-refractivity contribution in [3.63, 3.8) is 0 Å². The van der Waals surface area contributed by atoms with Crippen LogP contribution in [-0.4, -0.2) is 44.8 Å². The highest BCUT2D eigenvalue weighted by molar-refractivity contribution is 6.02. The number of aromatic nitrogens is 2. The van der Waals surface area contributed by atoms with Gasteiger partial charge >= 0.3 is 0 Å². The number of hydrogen-bond donors (Lipinski definition) is 1. The van der Waals surface area contributed by atoms with Gasteiger partial charge in [-0.2, -0.15) is 0 Å². The Labute approximate surface area is 184 Å². The van der Waals surface area contributed by atoms with Crippen LogP contribution in [0.5, 0.6) is 0 Å². The van der Waals surface area contributed by atoms with Crippen molar-refractivity contribution in [3.8, 4) is 0 Å². The molecule has 168 valence electrons. The summed E-state index contributed by atoms with van der Waals surface area (Å²) in [5.74, 6) is -1.51. The lowest BCUT2D eigenvalue weighted by molar-refractivity contribution is 0.208. The number of pyridine rings is 1. The number of halogens is 2. The molecule has 0 aliphatic carbocycles. The highest BCUT2D eigenvalue weighted by Gasteiger charge is 2.27. The van der Waals surface area contributed by atoms with Gasteiger partial charge in [0, 0.05) is 41.5 Å². The Balaban J connectivity index is 1.42. The van der Waals surface area contributed by atoms with Crippen molar-refractivity contribution in [3.05, 3.63) is 80.9 Å². The summed E-state index contributed by atoms with van der Waals surface area (Å²) in [6.07, 6.45) is 3.70. The maximum atomic E-state index is 14.2. The first kappa shape index (κ1) is 22.1. The molecular weight excluding hydrogens is 414 g/mol. The molecular formula is C24H26F2N4O2. The molecule has 4 rings (SSSR count). The van der Waals surface area contributed by atoms with Crippen LogP contribution in [0.1, 0.15) is 35.2 Å². The number of fused-ring (bicyclic) bond motifs is 1. The highest BCUT2D eigenvalue weighted by Crippen LogP contribution is 2.24. The Morgan fingerprint density at radius 3 is 2.66 bits per heavy atom. The number of rotatable bonds is 5. The molecule has 0 saturated carbocycles. The molecule has 0 radical (unpaired) electrons. The Morgan fingerprint density at radius 1 is 1.22 bits per heavy atom. The van der Waals surface area contributed by atoms with Gasteiger partial charge in [0.25, 0.3) is 5.56 Å². The SMILES string of the molecule is Cc1nc2c(C)cccn2c(=O)c1CCN1CCC(/C(=N/O)c2ccc(F)cc2F)CC1. The van der Waals surface area contributed by atoms with Crippen LogP contribution < -0.4 is 5.56 Å². The molecule has 8 heteroatoms. The Bertz CT molecular complexity index is 1230. The number of piperidine rings is 1. The maximum absolute atomic E-state index is 14.2. The van der Waals surface area contributed by atoms with Gasteiger partial charge in [0.1, 0.15) is 17.3 Å². The quantitative estimate of drug-likeness (QED) is 0.373. The average Bonchev–Trinajstić information content (AvgIpc) is 2.77. The van der Waals surface area contributed by atoms with E-state index in [1.807, 2.05) is 26.0 Å². The summed E-state index contributed by atoms with van der Waals surface area (Å²) < 4.78 is 29.0. The van der Waals surface area contributed by atoms with E-state index in [2.05, 4.69) is 15.0 Å². The van der Waals surface area contributed by atoms with Gasteiger partial charge in [-0.15, -0.1) is 0 Å². The summed E-state index contributed by atoms with van der Waals surface area (Å²) in [7, 11) is 0. The van der Waals surface area contributed by atoms with E-state index >= 15 is 0 Å². The van der Waals surface area contributed by atoms with Gasteiger partial charge in [0.2, 0.25) is 0 Å². The number of oxime groups is 1. The van der Waals surface area contributed by atoms with E-state index in [0.29, 0.717) is 37.0 Å². The summed E-state index contributed by atoms with van der Waals surface area (Å²) >= 11 is 0. The molecule has 1 aliphatic rings. The van der Waals surface area contributed by atoms with Crippen molar-refractivity contribution in [2.24, 2.45) is 11.1 Å². The van der Waals surface area contributed by atoms with Crippen molar-refractivity contribution >= 4 is 11.4 Å². The molecule has 6 nitrogen and oxygen atoms in total. The Hall–Kier alpha value is -3.13. The summed E-state index contributed by atoms with van der Waals surface area (Å²) in [4.78, 5) is 19.8.